The first-order valence-corrected chi connectivity index (χ1v) is 4.84. The highest BCUT2D eigenvalue weighted by Gasteiger charge is 2.34. The summed E-state index contributed by atoms with van der Waals surface area (Å²) in [5.74, 6) is 0. The highest BCUT2D eigenvalue weighted by Crippen LogP contribution is 2.26. The van der Waals surface area contributed by atoms with Crippen LogP contribution in [0.2, 0.25) is 0 Å². The zero-order valence-electron chi connectivity index (χ0n) is 7.88. The first-order chi connectivity index (χ1) is 5.91. The van der Waals surface area contributed by atoms with Crippen LogP contribution in [-0.2, 0) is 9.47 Å². The van der Waals surface area contributed by atoms with Gasteiger partial charge in [0.05, 0.1) is 25.4 Å². The van der Waals surface area contributed by atoms with E-state index in [9.17, 15) is 0 Å². The Kier molecular flexibility index (Phi) is 4.46. The minimum absolute atomic E-state index is 0. The van der Waals surface area contributed by atoms with Crippen molar-refractivity contribution in [3.05, 3.63) is 0 Å². The largest absolute Gasteiger partial charge is 0.376 e. The van der Waals surface area contributed by atoms with E-state index in [1.165, 1.54) is 6.42 Å². The zero-order valence-corrected chi connectivity index (χ0v) is 8.70. The van der Waals surface area contributed by atoms with Gasteiger partial charge in [0.25, 0.3) is 0 Å². The van der Waals surface area contributed by atoms with Crippen LogP contribution in [-0.4, -0.2) is 38.5 Å². The van der Waals surface area contributed by atoms with Crippen molar-refractivity contribution in [2.24, 2.45) is 0 Å². The van der Waals surface area contributed by atoms with Crippen LogP contribution in [0.5, 0.6) is 0 Å². The second-order valence-electron chi connectivity index (χ2n) is 3.69. The Labute approximate surface area is 85.6 Å². The normalized spacial score (nSPS) is 35.1. The number of halogens is 1. The molecule has 0 bridgehead atoms. The Hall–Kier alpha value is 0.170. The van der Waals surface area contributed by atoms with Crippen molar-refractivity contribution < 1.29 is 9.47 Å². The summed E-state index contributed by atoms with van der Waals surface area (Å²) in [6.07, 6.45) is 3.47. The van der Waals surface area contributed by atoms with Crippen LogP contribution in [0, 0.1) is 0 Å². The molecule has 0 aliphatic carbocycles. The fraction of sp³-hybridized carbons (Fsp3) is 1.00. The smallest absolute Gasteiger partial charge is 0.0928 e. The molecule has 4 heteroatoms. The van der Waals surface area contributed by atoms with Gasteiger partial charge in [0, 0.05) is 0 Å². The molecule has 0 aromatic rings. The van der Waals surface area contributed by atoms with Crippen molar-refractivity contribution in [2.75, 3.05) is 32.9 Å². The number of nitrogens with one attached hydrogen (secondary N) is 1. The van der Waals surface area contributed by atoms with Crippen molar-refractivity contribution in [1.29, 1.82) is 0 Å². The predicted octanol–water partition coefficient (Wildman–Crippen LogP) is 0.967. The molecular formula is C9H18ClNO2. The monoisotopic (exact) mass is 207 g/mol. The van der Waals surface area contributed by atoms with E-state index in [-0.39, 0.29) is 18.0 Å². The molecule has 0 amide bonds. The second kappa shape index (κ2) is 5.15. The van der Waals surface area contributed by atoms with E-state index in [0.29, 0.717) is 0 Å². The molecule has 2 aliphatic rings. The third-order valence-electron chi connectivity index (χ3n) is 2.74. The molecule has 2 rings (SSSR count). The van der Waals surface area contributed by atoms with Crippen molar-refractivity contribution in [3.63, 3.8) is 0 Å². The van der Waals surface area contributed by atoms with Crippen LogP contribution >= 0.6 is 12.4 Å². The molecule has 0 saturated carbocycles. The lowest BCUT2D eigenvalue weighted by molar-refractivity contribution is -0.161. The van der Waals surface area contributed by atoms with Crippen LogP contribution in [0.3, 0.4) is 0 Å². The lowest BCUT2D eigenvalue weighted by Crippen LogP contribution is -2.43. The molecule has 78 valence electrons. The highest BCUT2D eigenvalue weighted by molar-refractivity contribution is 5.85. The third-order valence-corrected chi connectivity index (χ3v) is 2.74. The van der Waals surface area contributed by atoms with Gasteiger partial charge in [0.2, 0.25) is 0 Å². The molecule has 1 unspecified atom stereocenters. The van der Waals surface area contributed by atoms with Gasteiger partial charge < -0.3 is 14.8 Å². The summed E-state index contributed by atoms with van der Waals surface area (Å²) >= 11 is 0. The van der Waals surface area contributed by atoms with Crippen molar-refractivity contribution in [1.82, 2.24) is 5.32 Å². The second-order valence-corrected chi connectivity index (χ2v) is 3.69. The molecule has 2 aliphatic heterocycles. The highest BCUT2D eigenvalue weighted by atomic mass is 35.5. The Morgan fingerprint density at radius 3 is 2.77 bits per heavy atom. The molecule has 0 radical (unpaired) electrons. The van der Waals surface area contributed by atoms with Gasteiger partial charge in [-0.05, 0) is 32.4 Å². The van der Waals surface area contributed by atoms with Gasteiger partial charge >= 0.3 is 0 Å². The zero-order chi connectivity index (χ0) is 8.28. The molecule has 1 atom stereocenters. The van der Waals surface area contributed by atoms with E-state index in [1.54, 1.807) is 0 Å². The van der Waals surface area contributed by atoms with Gasteiger partial charge in [-0.2, -0.15) is 0 Å². The molecule has 0 aromatic heterocycles. The Balaban J connectivity index is 0.000000845. The molecule has 2 fully saturated rings. The van der Waals surface area contributed by atoms with Gasteiger partial charge in [-0.15, -0.1) is 12.4 Å². The van der Waals surface area contributed by atoms with Gasteiger partial charge in [-0.1, -0.05) is 0 Å². The van der Waals surface area contributed by atoms with Crippen LogP contribution in [0.1, 0.15) is 19.3 Å². The summed E-state index contributed by atoms with van der Waals surface area (Å²) in [5, 5.41) is 3.38. The van der Waals surface area contributed by atoms with Crippen molar-refractivity contribution >= 4 is 12.4 Å². The topological polar surface area (TPSA) is 30.5 Å². The molecule has 13 heavy (non-hydrogen) atoms. The third kappa shape index (κ3) is 2.81. The lowest BCUT2D eigenvalue weighted by atomic mass is 9.95. The Morgan fingerprint density at radius 2 is 2.00 bits per heavy atom. The first kappa shape index (κ1) is 11.2. The first-order valence-electron chi connectivity index (χ1n) is 4.84. The maximum absolute atomic E-state index is 5.82. The van der Waals surface area contributed by atoms with E-state index < -0.39 is 0 Å². The molecule has 1 N–H and O–H groups in total. The summed E-state index contributed by atoms with van der Waals surface area (Å²) in [6, 6.07) is 0. The summed E-state index contributed by atoms with van der Waals surface area (Å²) in [4.78, 5) is 0. The van der Waals surface area contributed by atoms with Crippen LogP contribution in [0.15, 0.2) is 0 Å². The minimum Gasteiger partial charge on any atom is -0.376 e. The lowest BCUT2D eigenvalue weighted by Gasteiger charge is -2.36. The van der Waals surface area contributed by atoms with E-state index >= 15 is 0 Å². The van der Waals surface area contributed by atoms with Gasteiger partial charge in [-0.25, -0.2) is 0 Å². The van der Waals surface area contributed by atoms with Gasteiger partial charge in [0.15, 0.2) is 0 Å². The van der Waals surface area contributed by atoms with Crippen LogP contribution in [0.25, 0.3) is 0 Å². The van der Waals surface area contributed by atoms with Crippen LogP contribution < -0.4 is 5.32 Å². The van der Waals surface area contributed by atoms with E-state index in [0.717, 1.165) is 45.8 Å². The predicted molar refractivity (Wildman–Crippen MR) is 53.5 cm³/mol. The SMILES string of the molecule is C1CNCCC2(C1)COCCO2.Cl. The van der Waals surface area contributed by atoms with Gasteiger partial charge in [0.1, 0.15) is 0 Å². The van der Waals surface area contributed by atoms with Crippen molar-refractivity contribution in [2.45, 2.75) is 24.9 Å². The molecule has 3 nitrogen and oxygen atoms in total. The van der Waals surface area contributed by atoms with E-state index in [1.807, 2.05) is 0 Å². The molecule has 1 spiro atoms. The maximum atomic E-state index is 5.82. The quantitative estimate of drug-likeness (QED) is 0.642. The summed E-state index contributed by atoms with van der Waals surface area (Å²) in [5.41, 5.74) is 0.0573. The summed E-state index contributed by atoms with van der Waals surface area (Å²) < 4.78 is 11.3. The number of rotatable bonds is 0. The Morgan fingerprint density at radius 1 is 1.08 bits per heavy atom. The molecule has 2 saturated heterocycles. The Bertz CT molecular complexity index is 139. The van der Waals surface area contributed by atoms with Crippen LogP contribution in [0.4, 0.5) is 0 Å². The number of hydrogen-bond acceptors (Lipinski definition) is 3. The van der Waals surface area contributed by atoms with E-state index in [4.69, 9.17) is 9.47 Å². The molecular weight excluding hydrogens is 190 g/mol. The maximum Gasteiger partial charge on any atom is 0.0928 e. The summed E-state index contributed by atoms with van der Waals surface area (Å²) in [6.45, 7) is 4.55. The fourth-order valence-corrected chi connectivity index (χ4v) is 2.01. The minimum atomic E-state index is 0. The van der Waals surface area contributed by atoms with Gasteiger partial charge in [-0.3, -0.25) is 0 Å². The standard InChI is InChI=1S/C9H17NO2.ClH/c1-2-9(3-5-10-4-1)8-11-6-7-12-9;/h10H,1-8H2;1H. The summed E-state index contributed by atoms with van der Waals surface area (Å²) in [7, 11) is 0. The van der Waals surface area contributed by atoms with Crippen molar-refractivity contribution in [3.8, 4) is 0 Å². The number of hydrogen-bond donors (Lipinski definition) is 1. The van der Waals surface area contributed by atoms with E-state index in [2.05, 4.69) is 5.32 Å². The fourth-order valence-electron chi connectivity index (χ4n) is 2.01. The number of ether oxygens (including phenoxy) is 2. The average molecular weight is 208 g/mol. The molecule has 2 heterocycles. The average Bonchev–Trinajstić information content (AvgIpc) is 2.33. The molecule has 0 aromatic carbocycles.